The fourth-order valence-electron chi connectivity index (χ4n) is 2.59. The van der Waals surface area contributed by atoms with Crippen molar-refractivity contribution < 1.29 is 31.1 Å². The van der Waals surface area contributed by atoms with Crippen LogP contribution < -0.4 is 14.8 Å². The van der Waals surface area contributed by atoms with Gasteiger partial charge in [0.15, 0.2) is 6.61 Å². The van der Waals surface area contributed by atoms with Crippen molar-refractivity contribution in [1.82, 2.24) is 0 Å². The fraction of sp³-hybridized carbons (Fsp3) is 0.0952. The van der Waals surface area contributed by atoms with Gasteiger partial charge in [-0.3, -0.25) is 9.52 Å². The number of carbonyl (C=O) groups excluding carboxylic acids is 1. The number of nitrogens with one attached hydrogen (secondary N) is 2. The molecule has 168 valence electrons. The molecule has 0 radical (unpaired) electrons. The van der Waals surface area contributed by atoms with Crippen LogP contribution in [0.4, 0.5) is 24.5 Å². The third kappa shape index (κ3) is 6.14. The van der Waals surface area contributed by atoms with Crippen LogP contribution in [-0.2, 0) is 21.0 Å². The van der Waals surface area contributed by atoms with Gasteiger partial charge in [-0.2, -0.15) is 13.2 Å². The molecule has 0 saturated carbocycles. The van der Waals surface area contributed by atoms with E-state index in [2.05, 4.69) is 10.0 Å². The summed E-state index contributed by atoms with van der Waals surface area (Å²) in [5.74, 6) is -0.252. The number of alkyl halides is 3. The number of benzene rings is 3. The van der Waals surface area contributed by atoms with Crippen LogP contribution in [0.1, 0.15) is 5.56 Å². The number of para-hydroxylation sites is 1. The maximum Gasteiger partial charge on any atom is 0.416 e. The summed E-state index contributed by atoms with van der Waals surface area (Å²) in [4.78, 5) is 11.8. The molecule has 2 N–H and O–H groups in total. The molecule has 0 bridgehead atoms. The predicted octanol–water partition coefficient (Wildman–Crippen LogP) is 5.18. The van der Waals surface area contributed by atoms with E-state index in [-0.39, 0.29) is 22.9 Å². The molecule has 0 aliphatic heterocycles. The van der Waals surface area contributed by atoms with Gasteiger partial charge in [-0.25, -0.2) is 8.42 Å². The van der Waals surface area contributed by atoms with Gasteiger partial charge in [0.05, 0.1) is 21.2 Å². The van der Waals surface area contributed by atoms with Gasteiger partial charge in [0, 0.05) is 5.69 Å². The maximum atomic E-state index is 12.8. The lowest BCUT2D eigenvalue weighted by Gasteiger charge is -2.12. The zero-order valence-corrected chi connectivity index (χ0v) is 17.8. The van der Waals surface area contributed by atoms with Gasteiger partial charge in [-0.15, -0.1) is 0 Å². The van der Waals surface area contributed by atoms with E-state index >= 15 is 0 Å². The summed E-state index contributed by atoms with van der Waals surface area (Å²) in [6.07, 6.45) is -4.60. The van der Waals surface area contributed by atoms with Crippen LogP contribution in [0.5, 0.6) is 5.75 Å². The molecule has 3 rings (SSSR count). The second-order valence-corrected chi connectivity index (χ2v) is 8.56. The molecule has 11 heteroatoms. The number of amides is 1. The lowest BCUT2D eigenvalue weighted by molar-refractivity contribution is -0.137. The second-order valence-electron chi connectivity index (χ2n) is 6.47. The molecule has 0 atom stereocenters. The molecule has 32 heavy (non-hydrogen) atoms. The molecule has 0 fully saturated rings. The molecule has 0 spiro atoms. The van der Waals surface area contributed by atoms with Crippen LogP contribution in [-0.4, -0.2) is 20.9 Å². The largest absolute Gasteiger partial charge is 0.484 e. The van der Waals surface area contributed by atoms with Crippen molar-refractivity contribution in [1.29, 1.82) is 0 Å². The first-order valence-corrected chi connectivity index (χ1v) is 10.9. The monoisotopic (exact) mass is 484 g/mol. The Bertz CT molecular complexity index is 1220. The van der Waals surface area contributed by atoms with E-state index in [1.54, 1.807) is 24.3 Å². The number of rotatable bonds is 7. The first kappa shape index (κ1) is 23.4. The molecule has 0 unspecified atom stereocenters. The smallest absolute Gasteiger partial charge is 0.416 e. The van der Waals surface area contributed by atoms with E-state index in [9.17, 15) is 26.4 Å². The summed E-state index contributed by atoms with van der Waals surface area (Å²) in [6.45, 7) is -0.347. The minimum atomic E-state index is -4.60. The topological polar surface area (TPSA) is 84.5 Å². The van der Waals surface area contributed by atoms with Gasteiger partial charge in [0.1, 0.15) is 5.75 Å². The van der Waals surface area contributed by atoms with Gasteiger partial charge in [0.25, 0.3) is 15.9 Å². The highest BCUT2D eigenvalue weighted by atomic mass is 35.5. The maximum absolute atomic E-state index is 12.8. The van der Waals surface area contributed by atoms with Crippen LogP contribution >= 0.6 is 11.6 Å². The highest BCUT2D eigenvalue weighted by molar-refractivity contribution is 7.92. The highest BCUT2D eigenvalue weighted by Crippen LogP contribution is 2.31. The molecule has 0 aromatic heterocycles. The molecule has 3 aromatic carbocycles. The minimum absolute atomic E-state index is 0.192. The van der Waals surface area contributed by atoms with Crippen molar-refractivity contribution in [2.75, 3.05) is 16.6 Å². The van der Waals surface area contributed by atoms with Gasteiger partial charge in [0.2, 0.25) is 0 Å². The number of anilines is 2. The van der Waals surface area contributed by atoms with Gasteiger partial charge in [-0.1, -0.05) is 29.8 Å². The van der Waals surface area contributed by atoms with Crippen molar-refractivity contribution in [2.24, 2.45) is 0 Å². The quantitative estimate of drug-likeness (QED) is 0.484. The summed E-state index contributed by atoms with van der Waals surface area (Å²) >= 11 is 5.96. The van der Waals surface area contributed by atoms with E-state index in [4.69, 9.17) is 16.3 Å². The summed E-state index contributed by atoms with van der Waals surface area (Å²) in [5.41, 5.74) is -0.780. The summed E-state index contributed by atoms with van der Waals surface area (Å²) in [5, 5.41) is 2.94. The van der Waals surface area contributed by atoms with Crippen molar-refractivity contribution in [3.63, 3.8) is 0 Å². The molecule has 3 aromatic rings. The molecular formula is C21H16ClF3N2O4S. The molecular weight excluding hydrogens is 469 g/mol. The Labute approximate surface area is 187 Å². The Kier molecular flexibility index (Phi) is 6.95. The first-order valence-electron chi connectivity index (χ1n) is 9.02. The highest BCUT2D eigenvalue weighted by Gasteiger charge is 2.30. The third-order valence-corrected chi connectivity index (χ3v) is 5.82. The number of sulfonamides is 1. The molecule has 0 heterocycles. The number of hydrogen-bond acceptors (Lipinski definition) is 4. The number of hydrogen-bond donors (Lipinski definition) is 2. The Balaban J connectivity index is 1.62. The Morgan fingerprint density at radius 3 is 2.31 bits per heavy atom. The molecule has 6 nitrogen and oxygen atoms in total. The second kappa shape index (κ2) is 9.49. The first-order chi connectivity index (χ1) is 15.0. The summed E-state index contributed by atoms with van der Waals surface area (Å²) in [7, 11) is -4.14. The fourth-order valence-corrected chi connectivity index (χ4v) is 3.82. The van der Waals surface area contributed by atoms with Crippen LogP contribution in [0.15, 0.2) is 77.7 Å². The SMILES string of the molecule is O=C(COc1ccc(S(=O)(=O)Nc2cccc(C(F)(F)F)c2)cc1)Nc1ccccc1Cl. The Hall–Kier alpha value is -3.24. The number of halogens is 4. The van der Waals surface area contributed by atoms with E-state index < -0.39 is 27.7 Å². The van der Waals surface area contributed by atoms with Crippen LogP contribution in [0.3, 0.4) is 0 Å². The van der Waals surface area contributed by atoms with Crippen molar-refractivity contribution >= 4 is 38.9 Å². The standard InChI is InChI=1S/C21H16ClF3N2O4S/c22-18-6-1-2-7-19(18)26-20(28)13-31-16-8-10-17(11-9-16)32(29,30)27-15-5-3-4-14(12-15)21(23,24)25/h1-12,27H,13H2,(H,26,28). The van der Waals surface area contributed by atoms with Crippen LogP contribution in [0.2, 0.25) is 5.02 Å². The lowest BCUT2D eigenvalue weighted by atomic mass is 10.2. The predicted molar refractivity (Wildman–Crippen MR) is 114 cm³/mol. The normalized spacial score (nSPS) is 11.6. The average molecular weight is 485 g/mol. The summed E-state index contributed by atoms with van der Waals surface area (Å²) < 4.78 is 70.8. The van der Waals surface area contributed by atoms with Crippen molar-refractivity contribution in [3.8, 4) is 5.75 Å². The molecule has 1 amide bonds. The lowest BCUT2D eigenvalue weighted by Crippen LogP contribution is -2.20. The number of ether oxygens (including phenoxy) is 1. The van der Waals surface area contributed by atoms with Crippen molar-refractivity contribution in [2.45, 2.75) is 11.1 Å². The van der Waals surface area contributed by atoms with E-state index in [1.807, 2.05) is 0 Å². The average Bonchev–Trinajstić information content (AvgIpc) is 2.73. The van der Waals surface area contributed by atoms with Gasteiger partial charge < -0.3 is 10.1 Å². The van der Waals surface area contributed by atoms with Gasteiger partial charge in [-0.05, 0) is 54.6 Å². The summed E-state index contributed by atoms with van der Waals surface area (Å²) in [6, 6.07) is 15.6. The van der Waals surface area contributed by atoms with E-state index in [0.717, 1.165) is 12.1 Å². The Morgan fingerprint density at radius 1 is 0.969 bits per heavy atom. The Morgan fingerprint density at radius 2 is 1.66 bits per heavy atom. The van der Waals surface area contributed by atoms with Crippen molar-refractivity contribution in [3.05, 3.63) is 83.4 Å². The third-order valence-electron chi connectivity index (χ3n) is 4.09. The van der Waals surface area contributed by atoms with E-state index in [1.165, 1.54) is 30.3 Å². The molecule has 0 saturated heterocycles. The van der Waals surface area contributed by atoms with E-state index in [0.29, 0.717) is 16.8 Å². The number of carbonyl (C=O) groups is 1. The zero-order valence-electron chi connectivity index (χ0n) is 16.2. The van der Waals surface area contributed by atoms with Gasteiger partial charge >= 0.3 is 6.18 Å². The van der Waals surface area contributed by atoms with Crippen LogP contribution in [0.25, 0.3) is 0 Å². The molecule has 0 aliphatic carbocycles. The minimum Gasteiger partial charge on any atom is -0.484 e. The zero-order chi connectivity index (χ0) is 23.4. The molecule has 0 aliphatic rings. The van der Waals surface area contributed by atoms with Crippen LogP contribution in [0, 0.1) is 0 Å².